The van der Waals surface area contributed by atoms with Crippen LogP contribution < -0.4 is 29.7 Å². The van der Waals surface area contributed by atoms with Crippen molar-refractivity contribution in [1.82, 2.24) is 4.57 Å². The second kappa shape index (κ2) is 13.6. The molecule has 5 aromatic rings. The van der Waals surface area contributed by atoms with Crippen LogP contribution in [0.3, 0.4) is 0 Å². The van der Waals surface area contributed by atoms with Gasteiger partial charge in [0.2, 0.25) is 0 Å². The lowest BCUT2D eigenvalue weighted by Crippen LogP contribution is -2.40. The van der Waals surface area contributed by atoms with Gasteiger partial charge < -0.3 is 14.8 Å². The number of hydrogen-bond donors (Lipinski definition) is 1. The van der Waals surface area contributed by atoms with Crippen LogP contribution in [0.2, 0.25) is 15.1 Å². The standard InChI is InChI=1S/C35H26Cl3N3O4S/c1-20-30(33(42)40-25-11-7-4-8-12-25)31(22-9-5-3-6-10-22)41-34(43)29(46-35(41)39-20)17-21-15-27(38)32(28(16-21)44-2)45-19-23-13-14-24(36)18-26(23)37/h3-18,31H,19H2,1-2H3,(H,40,42)/b29-17-/t31-/m0/s1. The first-order chi connectivity index (χ1) is 22.2. The number of para-hydroxylation sites is 1. The van der Waals surface area contributed by atoms with E-state index in [0.29, 0.717) is 58.4 Å². The summed E-state index contributed by atoms with van der Waals surface area (Å²) in [4.78, 5) is 33.0. The molecule has 1 N–H and O–H groups in total. The van der Waals surface area contributed by atoms with Crippen molar-refractivity contribution in [3.05, 3.63) is 154 Å². The third-order valence-electron chi connectivity index (χ3n) is 7.35. The fraction of sp³-hybridized carbons (Fsp3) is 0.114. The Bertz CT molecular complexity index is 2160. The number of methoxy groups -OCH3 is 1. The van der Waals surface area contributed by atoms with Gasteiger partial charge in [-0.3, -0.25) is 14.2 Å². The molecule has 0 saturated carbocycles. The molecule has 232 valence electrons. The summed E-state index contributed by atoms with van der Waals surface area (Å²) in [7, 11) is 1.51. The summed E-state index contributed by atoms with van der Waals surface area (Å²) >= 11 is 20.2. The number of allylic oxidation sites excluding steroid dienone is 1. The number of carbonyl (C=O) groups excluding carboxylic acids is 1. The second-order valence-corrected chi connectivity index (χ2v) is 12.6. The first kappa shape index (κ1) is 31.6. The molecule has 0 unspecified atom stereocenters. The topological polar surface area (TPSA) is 81.9 Å². The quantitative estimate of drug-likeness (QED) is 0.184. The van der Waals surface area contributed by atoms with E-state index in [0.717, 1.165) is 11.1 Å². The molecule has 0 radical (unpaired) electrons. The molecule has 1 aliphatic rings. The zero-order valence-electron chi connectivity index (χ0n) is 24.6. The normalized spacial score (nSPS) is 14.5. The van der Waals surface area contributed by atoms with Gasteiger partial charge in [0.15, 0.2) is 16.3 Å². The highest BCUT2D eigenvalue weighted by Gasteiger charge is 2.32. The maximum absolute atomic E-state index is 14.1. The zero-order valence-corrected chi connectivity index (χ0v) is 27.7. The molecule has 1 aromatic heterocycles. The van der Waals surface area contributed by atoms with Crippen molar-refractivity contribution in [2.45, 2.75) is 19.6 Å². The molecule has 46 heavy (non-hydrogen) atoms. The number of nitrogens with zero attached hydrogens (tertiary/aromatic N) is 2. The van der Waals surface area contributed by atoms with Crippen molar-refractivity contribution in [3.63, 3.8) is 0 Å². The molecule has 0 bridgehead atoms. The van der Waals surface area contributed by atoms with Crippen LogP contribution in [0.5, 0.6) is 11.5 Å². The van der Waals surface area contributed by atoms with Gasteiger partial charge >= 0.3 is 0 Å². The number of fused-ring (bicyclic) bond motifs is 1. The number of rotatable bonds is 8. The molecule has 0 spiro atoms. The van der Waals surface area contributed by atoms with Crippen LogP contribution in [0.25, 0.3) is 6.08 Å². The summed E-state index contributed by atoms with van der Waals surface area (Å²) in [5.41, 5.74) is 3.42. The van der Waals surface area contributed by atoms with Gasteiger partial charge in [0, 0.05) is 21.3 Å². The molecule has 6 rings (SSSR count). The number of anilines is 1. The third kappa shape index (κ3) is 6.48. The first-order valence-corrected chi connectivity index (χ1v) is 16.1. The largest absolute Gasteiger partial charge is 0.493 e. The number of nitrogens with one attached hydrogen (secondary N) is 1. The Morgan fingerprint density at radius 1 is 0.978 bits per heavy atom. The Balaban J connectivity index is 1.38. The van der Waals surface area contributed by atoms with Gasteiger partial charge in [-0.2, -0.15) is 0 Å². The average molecular weight is 691 g/mol. The van der Waals surface area contributed by atoms with Gasteiger partial charge in [-0.05, 0) is 60.5 Å². The molecule has 4 aromatic carbocycles. The Labute approximate surface area is 283 Å². The smallest absolute Gasteiger partial charge is 0.271 e. The third-order valence-corrected chi connectivity index (χ3v) is 9.20. The summed E-state index contributed by atoms with van der Waals surface area (Å²) in [5, 5.41) is 4.25. The highest BCUT2D eigenvalue weighted by atomic mass is 35.5. The van der Waals surface area contributed by atoms with E-state index in [1.807, 2.05) is 60.7 Å². The molecular formula is C35H26Cl3N3O4S. The van der Waals surface area contributed by atoms with Crippen LogP contribution in [0.4, 0.5) is 5.69 Å². The molecule has 0 saturated heterocycles. The van der Waals surface area contributed by atoms with Crippen molar-refractivity contribution < 1.29 is 14.3 Å². The van der Waals surface area contributed by atoms with E-state index in [1.165, 1.54) is 18.4 Å². The van der Waals surface area contributed by atoms with Gasteiger partial charge in [-0.15, -0.1) is 0 Å². The molecule has 1 amide bonds. The van der Waals surface area contributed by atoms with E-state index in [-0.39, 0.29) is 18.1 Å². The van der Waals surface area contributed by atoms with E-state index < -0.39 is 6.04 Å². The van der Waals surface area contributed by atoms with Gasteiger partial charge in [0.05, 0.1) is 34.0 Å². The van der Waals surface area contributed by atoms with E-state index in [4.69, 9.17) is 49.3 Å². The van der Waals surface area contributed by atoms with Crippen molar-refractivity contribution in [2.75, 3.05) is 12.4 Å². The van der Waals surface area contributed by atoms with Gasteiger partial charge in [-0.25, -0.2) is 4.99 Å². The summed E-state index contributed by atoms with van der Waals surface area (Å²) in [6.45, 7) is 1.93. The summed E-state index contributed by atoms with van der Waals surface area (Å²) in [5.74, 6) is 0.389. The molecular weight excluding hydrogens is 665 g/mol. The van der Waals surface area contributed by atoms with Crippen LogP contribution in [0, 0.1) is 0 Å². The average Bonchev–Trinajstić information content (AvgIpc) is 3.34. The fourth-order valence-corrected chi connectivity index (χ4v) is 6.97. The number of aromatic nitrogens is 1. The number of amides is 1. The summed E-state index contributed by atoms with van der Waals surface area (Å²) in [6, 6.07) is 26.5. The SMILES string of the molecule is COc1cc(/C=c2\sc3n(c2=O)[C@@H](c2ccccc2)C(C(=O)Nc2ccccc2)=C(C)N=3)cc(Cl)c1OCc1ccc(Cl)cc1Cl. The Kier molecular flexibility index (Phi) is 9.33. The second-order valence-electron chi connectivity index (χ2n) is 10.4. The van der Waals surface area contributed by atoms with Crippen LogP contribution in [-0.2, 0) is 11.4 Å². The summed E-state index contributed by atoms with van der Waals surface area (Å²) in [6.07, 6.45) is 1.73. The molecule has 1 atom stereocenters. The number of ether oxygens (including phenoxy) is 2. The van der Waals surface area contributed by atoms with Gasteiger partial charge in [0.25, 0.3) is 11.5 Å². The molecule has 11 heteroatoms. The molecule has 0 aliphatic carbocycles. The molecule has 2 heterocycles. The Morgan fingerprint density at radius 2 is 1.70 bits per heavy atom. The minimum atomic E-state index is -0.683. The zero-order chi connectivity index (χ0) is 32.4. The van der Waals surface area contributed by atoms with Crippen LogP contribution >= 0.6 is 46.1 Å². The van der Waals surface area contributed by atoms with Crippen molar-refractivity contribution in [3.8, 4) is 11.5 Å². The van der Waals surface area contributed by atoms with Crippen molar-refractivity contribution in [1.29, 1.82) is 0 Å². The Hall–Kier alpha value is -4.34. The van der Waals surface area contributed by atoms with E-state index in [9.17, 15) is 9.59 Å². The van der Waals surface area contributed by atoms with Crippen LogP contribution in [0.15, 0.2) is 112 Å². The van der Waals surface area contributed by atoms with E-state index in [2.05, 4.69) is 5.32 Å². The van der Waals surface area contributed by atoms with Crippen molar-refractivity contribution in [2.24, 2.45) is 4.99 Å². The van der Waals surface area contributed by atoms with Crippen LogP contribution in [0.1, 0.15) is 29.7 Å². The first-order valence-electron chi connectivity index (χ1n) is 14.1. The maximum atomic E-state index is 14.1. The van der Waals surface area contributed by atoms with Gasteiger partial charge in [-0.1, -0.05) is 101 Å². The fourth-order valence-electron chi connectivity index (χ4n) is 5.19. The van der Waals surface area contributed by atoms with E-state index >= 15 is 0 Å². The monoisotopic (exact) mass is 689 g/mol. The lowest BCUT2D eigenvalue weighted by molar-refractivity contribution is -0.113. The number of thiazole rings is 1. The highest BCUT2D eigenvalue weighted by Crippen LogP contribution is 2.38. The minimum Gasteiger partial charge on any atom is -0.493 e. The molecule has 1 aliphatic heterocycles. The highest BCUT2D eigenvalue weighted by molar-refractivity contribution is 7.07. The minimum absolute atomic E-state index is 0.142. The Morgan fingerprint density at radius 3 is 2.39 bits per heavy atom. The molecule has 7 nitrogen and oxygen atoms in total. The predicted molar refractivity (Wildman–Crippen MR) is 184 cm³/mol. The lowest BCUT2D eigenvalue weighted by Gasteiger charge is -2.25. The summed E-state index contributed by atoms with van der Waals surface area (Å²) < 4.78 is 13.6. The molecule has 0 fully saturated rings. The van der Waals surface area contributed by atoms with Crippen molar-refractivity contribution >= 4 is 63.8 Å². The van der Waals surface area contributed by atoms with Crippen LogP contribution in [-0.4, -0.2) is 17.6 Å². The number of carbonyl (C=O) groups is 1. The number of benzene rings is 4. The maximum Gasteiger partial charge on any atom is 0.271 e. The van der Waals surface area contributed by atoms with Gasteiger partial charge in [0.1, 0.15) is 6.61 Å². The van der Waals surface area contributed by atoms with E-state index in [1.54, 1.807) is 47.9 Å². The lowest BCUT2D eigenvalue weighted by atomic mass is 9.95. The number of halogens is 3. The predicted octanol–water partition coefficient (Wildman–Crippen LogP) is 7.42. The number of hydrogen-bond acceptors (Lipinski definition) is 6.